The van der Waals surface area contributed by atoms with Crippen LogP contribution in [0.3, 0.4) is 0 Å². The first kappa shape index (κ1) is 27.3. The molecule has 0 fully saturated rings. The number of H-pyrrole nitrogens is 1. The van der Waals surface area contributed by atoms with Gasteiger partial charge in [-0.05, 0) is 37.5 Å². The summed E-state index contributed by atoms with van der Waals surface area (Å²) in [5.41, 5.74) is 3.85. The van der Waals surface area contributed by atoms with Gasteiger partial charge in [-0.25, -0.2) is 0 Å². The molecule has 1 aliphatic carbocycles. The van der Waals surface area contributed by atoms with Crippen LogP contribution in [-0.4, -0.2) is 43.2 Å². The molecule has 2 aliphatic rings. The highest BCUT2D eigenvalue weighted by Crippen LogP contribution is 2.48. The fourth-order valence-electron chi connectivity index (χ4n) is 4.86. The summed E-state index contributed by atoms with van der Waals surface area (Å²) in [5.74, 6) is -0.824. The third kappa shape index (κ3) is 4.84. The molecule has 0 spiro atoms. The summed E-state index contributed by atoms with van der Waals surface area (Å²) in [7, 11) is -1.34. The third-order valence-electron chi connectivity index (χ3n) is 7.71. The molecule has 0 saturated carbocycles. The van der Waals surface area contributed by atoms with Gasteiger partial charge >= 0.3 is 0 Å². The van der Waals surface area contributed by atoms with Gasteiger partial charge in [-0.2, -0.15) is 0 Å². The standard InChI is InChI=1S/C25H18ClN3O2.C6H16OS/c26-23-20(16-10-4-6-12-19(16)29(23)14-7-1-2-8-14)22-21(24(30)28-25(22)31)17-13-27-18-11-5-3-9-15(17)18;1-6(2,3)8(4,5)7/h1,3-7,9-14,27H,2,8H2,(H,28,30,31);7H,1-5H3. The van der Waals surface area contributed by atoms with Crippen LogP contribution in [0.25, 0.3) is 33.0 Å². The molecule has 6 rings (SSSR count). The van der Waals surface area contributed by atoms with Gasteiger partial charge < -0.3 is 14.1 Å². The maximum Gasteiger partial charge on any atom is 0.259 e. The van der Waals surface area contributed by atoms with E-state index in [9.17, 15) is 14.1 Å². The van der Waals surface area contributed by atoms with Crippen molar-refractivity contribution < 1.29 is 14.1 Å². The molecule has 39 heavy (non-hydrogen) atoms. The Hall–Kier alpha value is -3.26. The van der Waals surface area contributed by atoms with Crippen LogP contribution in [0.15, 0.2) is 66.9 Å². The second-order valence-electron chi connectivity index (χ2n) is 11.3. The zero-order valence-corrected chi connectivity index (χ0v) is 24.4. The van der Waals surface area contributed by atoms with E-state index in [-0.39, 0.29) is 10.8 Å². The van der Waals surface area contributed by atoms with Gasteiger partial charge in [0.05, 0.1) is 22.7 Å². The van der Waals surface area contributed by atoms with Gasteiger partial charge in [0.15, 0.2) is 0 Å². The Labute approximate surface area is 235 Å². The summed E-state index contributed by atoms with van der Waals surface area (Å²) < 4.78 is 11.6. The van der Waals surface area contributed by atoms with Crippen molar-refractivity contribution in [2.24, 2.45) is 0 Å². The lowest BCUT2D eigenvalue weighted by Gasteiger charge is -2.38. The number of halogens is 1. The Morgan fingerprint density at radius 2 is 1.59 bits per heavy atom. The highest BCUT2D eigenvalue weighted by Gasteiger charge is 2.37. The zero-order valence-electron chi connectivity index (χ0n) is 22.8. The molecule has 6 nitrogen and oxygen atoms in total. The SMILES string of the molecule is CC(C)(C)S(C)(C)O.O=C1NC(=O)C(c2c(Cl)n(C3C=CCC3)c3ccccc23)=C1c1c[nH]c2ccccc12. The Morgan fingerprint density at radius 1 is 0.974 bits per heavy atom. The monoisotopic (exact) mass is 563 g/mol. The van der Waals surface area contributed by atoms with Crippen molar-refractivity contribution in [1.29, 1.82) is 0 Å². The minimum absolute atomic E-state index is 0.0764. The Kier molecular flexibility index (Phi) is 7.04. The number of para-hydroxylation sites is 2. The van der Waals surface area contributed by atoms with Crippen molar-refractivity contribution in [3.05, 3.63) is 83.2 Å². The number of benzene rings is 2. The van der Waals surface area contributed by atoms with E-state index in [2.05, 4.69) is 47.8 Å². The Morgan fingerprint density at radius 3 is 2.23 bits per heavy atom. The van der Waals surface area contributed by atoms with E-state index in [4.69, 9.17) is 11.6 Å². The van der Waals surface area contributed by atoms with Crippen molar-refractivity contribution in [2.75, 3.05) is 12.5 Å². The van der Waals surface area contributed by atoms with Crippen molar-refractivity contribution in [2.45, 2.75) is 44.4 Å². The number of allylic oxidation sites excluding steroid dienone is 2. The van der Waals surface area contributed by atoms with E-state index in [0.29, 0.717) is 27.4 Å². The van der Waals surface area contributed by atoms with Gasteiger partial charge in [0.25, 0.3) is 11.8 Å². The van der Waals surface area contributed by atoms with Gasteiger partial charge in [0.1, 0.15) is 5.15 Å². The average Bonchev–Trinajstić information content (AvgIpc) is 3.63. The Balaban J connectivity index is 0.000000339. The highest BCUT2D eigenvalue weighted by atomic mass is 35.5. The zero-order chi connectivity index (χ0) is 28.1. The minimum Gasteiger partial charge on any atom is -0.361 e. The summed E-state index contributed by atoms with van der Waals surface area (Å²) in [6.07, 6.45) is 11.8. The lowest BCUT2D eigenvalue weighted by atomic mass is 9.95. The highest BCUT2D eigenvalue weighted by molar-refractivity contribution is 8.29. The van der Waals surface area contributed by atoms with E-state index < -0.39 is 22.1 Å². The lowest BCUT2D eigenvalue weighted by molar-refractivity contribution is -0.122. The maximum atomic E-state index is 13.1. The number of hydrogen-bond acceptors (Lipinski definition) is 3. The summed E-state index contributed by atoms with van der Waals surface area (Å²) in [6.45, 7) is 6.17. The molecule has 3 N–H and O–H groups in total. The number of nitrogens with one attached hydrogen (secondary N) is 2. The van der Waals surface area contributed by atoms with Crippen molar-refractivity contribution >= 4 is 66.7 Å². The quantitative estimate of drug-likeness (QED) is 0.177. The fraction of sp³-hybridized carbons (Fsp3) is 0.290. The van der Waals surface area contributed by atoms with E-state index in [1.807, 2.05) is 61.0 Å². The van der Waals surface area contributed by atoms with Crippen LogP contribution in [0.4, 0.5) is 0 Å². The predicted octanol–water partition coefficient (Wildman–Crippen LogP) is 7.56. The predicted molar refractivity (Wildman–Crippen MR) is 164 cm³/mol. The molecule has 3 heterocycles. The molecule has 204 valence electrons. The average molecular weight is 564 g/mol. The van der Waals surface area contributed by atoms with Crippen molar-refractivity contribution in [1.82, 2.24) is 14.9 Å². The van der Waals surface area contributed by atoms with Crippen LogP contribution in [0.2, 0.25) is 5.15 Å². The maximum absolute atomic E-state index is 13.1. The molecule has 8 heteroatoms. The van der Waals surface area contributed by atoms with Gasteiger partial charge in [-0.1, -0.05) is 80.9 Å². The van der Waals surface area contributed by atoms with Gasteiger partial charge in [-0.15, -0.1) is 10.3 Å². The molecule has 4 aromatic rings. The van der Waals surface area contributed by atoms with Crippen LogP contribution in [-0.2, 0) is 9.59 Å². The van der Waals surface area contributed by atoms with Gasteiger partial charge in [0.2, 0.25) is 0 Å². The lowest BCUT2D eigenvalue weighted by Crippen LogP contribution is -2.22. The Bertz CT molecular complexity index is 1650. The molecular formula is C31H34ClN3O3S. The number of carbonyl (C=O) groups excluding carboxylic acids is 2. The molecule has 1 aliphatic heterocycles. The number of nitrogens with zero attached hydrogens (tertiary/aromatic N) is 1. The summed E-state index contributed by atoms with van der Waals surface area (Å²) in [5, 5.41) is 4.73. The molecule has 2 aromatic heterocycles. The van der Waals surface area contributed by atoms with Crippen LogP contribution in [0.5, 0.6) is 0 Å². The molecule has 0 radical (unpaired) electrons. The van der Waals surface area contributed by atoms with E-state index in [1.165, 1.54) is 0 Å². The second-order valence-corrected chi connectivity index (χ2v) is 15.4. The molecule has 2 amide bonds. The van der Waals surface area contributed by atoms with E-state index in [0.717, 1.165) is 34.6 Å². The normalized spacial score (nSPS) is 18.2. The molecule has 1 unspecified atom stereocenters. The molecule has 0 bridgehead atoms. The number of carbonyl (C=O) groups is 2. The van der Waals surface area contributed by atoms with Gasteiger partial charge in [0, 0.05) is 38.4 Å². The molecular weight excluding hydrogens is 530 g/mol. The molecule has 2 aromatic carbocycles. The fourth-order valence-corrected chi connectivity index (χ4v) is 5.27. The van der Waals surface area contributed by atoms with Crippen molar-refractivity contribution in [3.63, 3.8) is 0 Å². The third-order valence-corrected chi connectivity index (χ3v) is 11.1. The first-order chi connectivity index (χ1) is 18.4. The summed E-state index contributed by atoms with van der Waals surface area (Å²) >= 11 is 6.97. The summed E-state index contributed by atoms with van der Waals surface area (Å²) in [4.78, 5) is 29.2. The van der Waals surface area contributed by atoms with Crippen LogP contribution in [0, 0.1) is 0 Å². The topological polar surface area (TPSA) is 87.1 Å². The van der Waals surface area contributed by atoms with Crippen LogP contribution in [0.1, 0.15) is 50.8 Å². The molecule has 1 atom stereocenters. The van der Waals surface area contributed by atoms with Crippen LogP contribution >= 0.6 is 21.9 Å². The number of hydrogen-bond donors (Lipinski definition) is 3. The largest absolute Gasteiger partial charge is 0.361 e. The van der Waals surface area contributed by atoms with Crippen molar-refractivity contribution in [3.8, 4) is 0 Å². The number of amides is 2. The van der Waals surface area contributed by atoms with E-state index in [1.54, 1.807) is 6.20 Å². The number of aromatic amines is 1. The first-order valence-electron chi connectivity index (χ1n) is 13.0. The number of aromatic nitrogens is 2. The van der Waals surface area contributed by atoms with Crippen LogP contribution < -0.4 is 5.32 Å². The second kappa shape index (κ2) is 10.0. The van der Waals surface area contributed by atoms with E-state index >= 15 is 0 Å². The molecule has 0 saturated heterocycles. The number of rotatable bonds is 3. The first-order valence-corrected chi connectivity index (χ1v) is 15.8. The minimum atomic E-state index is -1.34. The summed E-state index contributed by atoms with van der Waals surface area (Å²) in [6, 6.07) is 15.7. The smallest absolute Gasteiger partial charge is 0.259 e. The number of imide groups is 1. The number of fused-ring (bicyclic) bond motifs is 2. The van der Waals surface area contributed by atoms with Gasteiger partial charge in [-0.3, -0.25) is 14.9 Å².